The summed E-state index contributed by atoms with van der Waals surface area (Å²) in [5.41, 5.74) is 0.941. The number of carbonyl (C=O) groups is 2. The minimum atomic E-state index is -0.858. The van der Waals surface area contributed by atoms with Crippen LogP contribution in [0.5, 0.6) is 5.75 Å². The lowest BCUT2D eigenvalue weighted by atomic mass is 9.89. The lowest BCUT2D eigenvalue weighted by Crippen LogP contribution is -2.73. The number of nitrogens with one attached hydrogen (secondary N) is 1. The lowest BCUT2D eigenvalue weighted by molar-refractivity contribution is -0.131. The first kappa shape index (κ1) is 20.2. The Hall–Kier alpha value is -2.12. The van der Waals surface area contributed by atoms with Crippen LogP contribution in [0.15, 0.2) is 12.1 Å². The summed E-state index contributed by atoms with van der Waals surface area (Å²) >= 11 is 0. The van der Waals surface area contributed by atoms with E-state index < -0.39 is 5.54 Å². The number of aryl methyl sites for hydroxylation is 1. The molecule has 0 aromatic heterocycles. The number of phenolic OH excluding ortho intramolecular Hbond substituents is 1. The maximum atomic E-state index is 12.6. The Morgan fingerprint density at radius 1 is 1.31 bits per heavy atom. The molecule has 7 heteroatoms. The topological polar surface area (TPSA) is 99.1 Å². The van der Waals surface area contributed by atoms with Crippen molar-refractivity contribution in [2.24, 2.45) is 5.92 Å². The van der Waals surface area contributed by atoms with Crippen LogP contribution < -0.4 is 5.32 Å². The fourth-order valence-electron chi connectivity index (χ4n) is 2.91. The van der Waals surface area contributed by atoms with E-state index in [4.69, 9.17) is 4.74 Å². The van der Waals surface area contributed by atoms with E-state index in [1.54, 1.807) is 19.1 Å². The van der Waals surface area contributed by atoms with Crippen LogP contribution in [0.1, 0.15) is 35.3 Å². The van der Waals surface area contributed by atoms with Gasteiger partial charge in [-0.1, -0.05) is 19.9 Å². The average molecular weight is 364 g/mol. The number of aliphatic hydroxyl groups excluding tert-OH is 1. The van der Waals surface area contributed by atoms with Crippen molar-refractivity contribution in [2.45, 2.75) is 33.2 Å². The van der Waals surface area contributed by atoms with Gasteiger partial charge >= 0.3 is 0 Å². The van der Waals surface area contributed by atoms with E-state index >= 15 is 0 Å². The van der Waals surface area contributed by atoms with Gasteiger partial charge in [0.2, 0.25) is 5.91 Å². The quantitative estimate of drug-likeness (QED) is 0.670. The molecule has 2 amide bonds. The van der Waals surface area contributed by atoms with E-state index in [0.717, 1.165) is 5.56 Å². The van der Waals surface area contributed by atoms with Crippen LogP contribution in [0.4, 0.5) is 0 Å². The Morgan fingerprint density at radius 2 is 1.96 bits per heavy atom. The van der Waals surface area contributed by atoms with Crippen molar-refractivity contribution in [3.05, 3.63) is 28.8 Å². The second kappa shape index (κ2) is 8.05. The van der Waals surface area contributed by atoms with E-state index in [2.05, 4.69) is 5.32 Å². The Labute approximate surface area is 154 Å². The number of amides is 2. The summed E-state index contributed by atoms with van der Waals surface area (Å²) in [6, 6.07) is 3.38. The van der Waals surface area contributed by atoms with E-state index in [0.29, 0.717) is 18.1 Å². The standard InChI is InChI=1S/C19H28N2O5/c1-12(2)7-26-8-16(23)20-19(11-22)9-21(10-19)18(25)15-6-5-13(3)14(4)17(15)24/h5-6,12,22,24H,7-11H2,1-4H3,(H,20,23). The van der Waals surface area contributed by atoms with Crippen LogP contribution >= 0.6 is 0 Å². The molecular weight excluding hydrogens is 336 g/mol. The summed E-state index contributed by atoms with van der Waals surface area (Å²) in [4.78, 5) is 26.1. The summed E-state index contributed by atoms with van der Waals surface area (Å²) in [7, 11) is 0. The number of phenols is 1. The van der Waals surface area contributed by atoms with Crippen LogP contribution in [-0.2, 0) is 9.53 Å². The number of likely N-dealkylation sites (tertiary alicyclic amines) is 1. The molecule has 1 fully saturated rings. The van der Waals surface area contributed by atoms with E-state index in [1.165, 1.54) is 4.90 Å². The number of ether oxygens (including phenoxy) is 1. The van der Waals surface area contributed by atoms with E-state index in [1.807, 2.05) is 20.8 Å². The Balaban J connectivity index is 1.95. The molecule has 0 radical (unpaired) electrons. The van der Waals surface area contributed by atoms with Crippen molar-refractivity contribution >= 4 is 11.8 Å². The van der Waals surface area contributed by atoms with Gasteiger partial charge < -0.3 is 25.2 Å². The molecule has 1 aromatic carbocycles. The molecule has 0 bridgehead atoms. The molecular formula is C19H28N2O5. The van der Waals surface area contributed by atoms with Gasteiger partial charge in [0.15, 0.2) is 0 Å². The van der Waals surface area contributed by atoms with Crippen LogP contribution in [0, 0.1) is 19.8 Å². The first-order valence-electron chi connectivity index (χ1n) is 8.77. The van der Waals surface area contributed by atoms with Gasteiger partial charge in [-0.25, -0.2) is 0 Å². The largest absolute Gasteiger partial charge is 0.507 e. The Bertz CT molecular complexity index is 681. The number of aliphatic hydroxyl groups is 1. The van der Waals surface area contributed by atoms with Crippen LogP contribution in [-0.4, -0.2) is 65.4 Å². The predicted molar refractivity (Wildman–Crippen MR) is 97.1 cm³/mol. The average Bonchev–Trinajstić information content (AvgIpc) is 2.55. The van der Waals surface area contributed by atoms with Gasteiger partial charge in [0, 0.05) is 19.7 Å². The minimum Gasteiger partial charge on any atom is -0.507 e. The zero-order valence-electron chi connectivity index (χ0n) is 15.8. The number of benzene rings is 1. The highest BCUT2D eigenvalue weighted by Crippen LogP contribution is 2.29. The lowest BCUT2D eigenvalue weighted by Gasteiger charge is -2.49. The summed E-state index contributed by atoms with van der Waals surface area (Å²) in [5.74, 6) is -0.333. The normalized spacial score (nSPS) is 15.7. The zero-order valence-corrected chi connectivity index (χ0v) is 15.8. The minimum absolute atomic E-state index is 0.0254. The van der Waals surface area contributed by atoms with Gasteiger partial charge in [-0.3, -0.25) is 9.59 Å². The van der Waals surface area contributed by atoms with Gasteiger partial charge in [-0.05, 0) is 37.0 Å². The fraction of sp³-hybridized carbons (Fsp3) is 0.579. The van der Waals surface area contributed by atoms with Crippen LogP contribution in [0.3, 0.4) is 0 Å². The van der Waals surface area contributed by atoms with Crippen molar-refractivity contribution in [2.75, 3.05) is 32.9 Å². The smallest absolute Gasteiger partial charge is 0.257 e. The molecule has 3 N–H and O–H groups in total. The number of hydrogen-bond donors (Lipinski definition) is 3. The first-order chi connectivity index (χ1) is 12.2. The molecule has 0 spiro atoms. The van der Waals surface area contributed by atoms with Gasteiger partial charge in [0.25, 0.3) is 5.91 Å². The fourth-order valence-corrected chi connectivity index (χ4v) is 2.91. The van der Waals surface area contributed by atoms with E-state index in [-0.39, 0.29) is 49.4 Å². The predicted octanol–water partition coefficient (Wildman–Crippen LogP) is 0.985. The zero-order chi connectivity index (χ0) is 19.5. The number of aromatic hydroxyl groups is 1. The highest BCUT2D eigenvalue weighted by atomic mass is 16.5. The third kappa shape index (κ3) is 4.34. The molecule has 1 saturated heterocycles. The second-order valence-electron chi connectivity index (χ2n) is 7.46. The highest BCUT2D eigenvalue weighted by molar-refractivity contribution is 5.98. The summed E-state index contributed by atoms with van der Waals surface area (Å²) in [5, 5.41) is 22.6. The Morgan fingerprint density at radius 3 is 2.54 bits per heavy atom. The van der Waals surface area contributed by atoms with Gasteiger partial charge in [-0.2, -0.15) is 0 Å². The number of rotatable bonds is 7. The maximum Gasteiger partial charge on any atom is 0.257 e. The van der Waals surface area contributed by atoms with Gasteiger partial charge in [-0.15, -0.1) is 0 Å². The molecule has 1 aromatic rings. The molecule has 1 aliphatic heterocycles. The Kier molecular flexibility index (Phi) is 6.26. The number of carbonyl (C=O) groups excluding carboxylic acids is 2. The molecule has 0 unspecified atom stereocenters. The molecule has 26 heavy (non-hydrogen) atoms. The van der Waals surface area contributed by atoms with Crippen molar-refractivity contribution in [3.8, 4) is 5.75 Å². The summed E-state index contributed by atoms with van der Waals surface area (Å²) in [6.07, 6.45) is 0. The molecule has 1 heterocycles. The number of hydrogen-bond acceptors (Lipinski definition) is 5. The second-order valence-corrected chi connectivity index (χ2v) is 7.46. The van der Waals surface area contributed by atoms with Gasteiger partial charge in [0.05, 0.1) is 17.7 Å². The molecule has 2 rings (SSSR count). The van der Waals surface area contributed by atoms with Gasteiger partial charge in [0.1, 0.15) is 12.4 Å². The van der Waals surface area contributed by atoms with E-state index in [9.17, 15) is 19.8 Å². The highest BCUT2D eigenvalue weighted by Gasteiger charge is 2.46. The summed E-state index contributed by atoms with van der Waals surface area (Å²) in [6.45, 7) is 8.10. The monoisotopic (exact) mass is 364 g/mol. The van der Waals surface area contributed by atoms with Crippen molar-refractivity contribution in [3.63, 3.8) is 0 Å². The van der Waals surface area contributed by atoms with Crippen LogP contribution in [0.25, 0.3) is 0 Å². The van der Waals surface area contributed by atoms with Crippen LogP contribution in [0.2, 0.25) is 0 Å². The molecule has 1 aliphatic rings. The number of nitrogens with zero attached hydrogens (tertiary/aromatic N) is 1. The molecule has 0 saturated carbocycles. The third-order valence-corrected chi connectivity index (χ3v) is 4.60. The molecule has 0 atom stereocenters. The SMILES string of the molecule is Cc1ccc(C(=O)N2CC(CO)(NC(=O)COCC(C)C)C2)c(O)c1C. The van der Waals surface area contributed by atoms with Crippen molar-refractivity contribution < 1.29 is 24.5 Å². The first-order valence-corrected chi connectivity index (χ1v) is 8.77. The summed E-state index contributed by atoms with van der Waals surface area (Å²) < 4.78 is 5.29. The maximum absolute atomic E-state index is 12.6. The molecule has 7 nitrogen and oxygen atoms in total. The van der Waals surface area contributed by atoms with Crippen molar-refractivity contribution in [1.29, 1.82) is 0 Å². The van der Waals surface area contributed by atoms with Crippen molar-refractivity contribution in [1.82, 2.24) is 10.2 Å². The molecule has 0 aliphatic carbocycles. The third-order valence-electron chi connectivity index (χ3n) is 4.60. The molecule has 144 valence electrons.